The van der Waals surface area contributed by atoms with Gasteiger partial charge in [-0.3, -0.25) is 9.69 Å². The van der Waals surface area contributed by atoms with Crippen molar-refractivity contribution in [1.29, 1.82) is 0 Å². The number of amides is 1. The van der Waals surface area contributed by atoms with Gasteiger partial charge in [-0.1, -0.05) is 30.3 Å². The summed E-state index contributed by atoms with van der Waals surface area (Å²) < 4.78 is 33.6. The van der Waals surface area contributed by atoms with Crippen molar-refractivity contribution in [3.8, 4) is 0 Å². The van der Waals surface area contributed by atoms with Gasteiger partial charge in [0.25, 0.3) is 5.92 Å². The smallest absolute Gasteiger partial charge is 0.410 e. The molecule has 1 aromatic carbocycles. The second-order valence-corrected chi connectivity index (χ2v) is 10.7. The molecule has 6 nitrogen and oxygen atoms in total. The van der Waals surface area contributed by atoms with Gasteiger partial charge >= 0.3 is 12.1 Å². The lowest BCUT2D eigenvalue weighted by molar-refractivity contribution is -0.142. The molecule has 1 saturated heterocycles. The third-order valence-electron chi connectivity index (χ3n) is 6.67. The van der Waals surface area contributed by atoms with Crippen LogP contribution in [0.2, 0.25) is 0 Å². The Hall–Kier alpha value is -2.22. The summed E-state index contributed by atoms with van der Waals surface area (Å²) in [5.74, 6) is -3.99. The second-order valence-electron chi connectivity index (χ2n) is 10.7. The lowest BCUT2D eigenvalue weighted by Crippen LogP contribution is -2.46. The Morgan fingerprint density at radius 2 is 1.88 bits per heavy atom. The molecule has 3 fully saturated rings. The summed E-state index contributed by atoms with van der Waals surface area (Å²) in [6.07, 6.45) is 1.34. The molecule has 3 atom stereocenters. The first-order valence-electron chi connectivity index (χ1n) is 11.3. The van der Waals surface area contributed by atoms with Crippen molar-refractivity contribution in [3.05, 3.63) is 35.9 Å². The van der Waals surface area contributed by atoms with Crippen LogP contribution in [-0.2, 0) is 9.53 Å². The third kappa shape index (κ3) is 5.22. The molecule has 2 aliphatic carbocycles. The number of hydrogen-bond donors (Lipinski definition) is 1. The van der Waals surface area contributed by atoms with Gasteiger partial charge in [-0.15, -0.1) is 0 Å². The zero-order chi connectivity index (χ0) is 23.3. The van der Waals surface area contributed by atoms with Gasteiger partial charge in [0.1, 0.15) is 11.6 Å². The number of alkyl halides is 2. The third-order valence-corrected chi connectivity index (χ3v) is 6.67. The standard InChI is InChI=1S/C24H32F2N2O4/c1-22(2,3)32-21(31)28(18-11-17(18)16-7-5-4-6-8-16)14-23(9-10-23)13-27-15-24(25,26)12-19(27)20(29)30/h4-8,17-19H,9-15H2,1-3H3,(H,29,30)/t17-,18+,19-/m0/s1. The normalized spacial score (nSPS) is 28.2. The molecule has 1 amide bonds. The lowest BCUT2D eigenvalue weighted by atomic mass is 10.0. The Kier molecular flexibility index (Phi) is 5.72. The van der Waals surface area contributed by atoms with Crippen molar-refractivity contribution in [3.63, 3.8) is 0 Å². The van der Waals surface area contributed by atoms with Gasteiger partial charge in [0.05, 0.1) is 6.54 Å². The minimum atomic E-state index is -3.00. The number of ether oxygens (including phenoxy) is 1. The van der Waals surface area contributed by atoms with E-state index < -0.39 is 42.6 Å². The number of carbonyl (C=O) groups is 2. The van der Waals surface area contributed by atoms with Gasteiger partial charge in [0.2, 0.25) is 0 Å². The van der Waals surface area contributed by atoms with Crippen LogP contribution in [0, 0.1) is 5.41 Å². The Morgan fingerprint density at radius 1 is 1.22 bits per heavy atom. The van der Waals surface area contributed by atoms with Crippen LogP contribution in [-0.4, -0.2) is 70.2 Å². The van der Waals surface area contributed by atoms with Crippen LogP contribution < -0.4 is 0 Å². The van der Waals surface area contributed by atoms with E-state index in [1.165, 1.54) is 10.5 Å². The van der Waals surface area contributed by atoms with Crippen LogP contribution >= 0.6 is 0 Å². The van der Waals surface area contributed by atoms with Crippen molar-refractivity contribution < 1.29 is 28.2 Å². The fourth-order valence-corrected chi connectivity index (χ4v) is 4.85. The van der Waals surface area contributed by atoms with Gasteiger partial charge in [0.15, 0.2) is 0 Å². The maximum Gasteiger partial charge on any atom is 0.410 e. The second kappa shape index (κ2) is 7.97. The summed E-state index contributed by atoms with van der Waals surface area (Å²) >= 11 is 0. The van der Waals surface area contributed by atoms with Crippen LogP contribution in [0.1, 0.15) is 57.9 Å². The Labute approximate surface area is 187 Å². The summed E-state index contributed by atoms with van der Waals surface area (Å²) in [6.45, 7) is 5.56. The molecule has 1 aliphatic heterocycles. The quantitative estimate of drug-likeness (QED) is 0.669. The van der Waals surface area contributed by atoms with Gasteiger partial charge in [-0.2, -0.15) is 0 Å². The van der Waals surface area contributed by atoms with E-state index in [9.17, 15) is 23.5 Å². The summed E-state index contributed by atoms with van der Waals surface area (Å²) in [7, 11) is 0. The van der Waals surface area contributed by atoms with Crippen LogP contribution in [0.25, 0.3) is 0 Å². The monoisotopic (exact) mass is 450 g/mol. The fourth-order valence-electron chi connectivity index (χ4n) is 4.85. The van der Waals surface area contributed by atoms with E-state index in [0.29, 0.717) is 6.54 Å². The molecule has 1 N–H and O–H groups in total. The number of likely N-dealkylation sites (tertiary alicyclic amines) is 1. The molecule has 8 heteroatoms. The minimum Gasteiger partial charge on any atom is -0.480 e. The average molecular weight is 451 g/mol. The fraction of sp³-hybridized carbons (Fsp3) is 0.667. The van der Waals surface area contributed by atoms with Crippen LogP contribution in [0.4, 0.5) is 13.6 Å². The first-order valence-corrected chi connectivity index (χ1v) is 11.3. The Balaban J connectivity index is 1.49. The molecular weight excluding hydrogens is 418 g/mol. The zero-order valence-electron chi connectivity index (χ0n) is 18.9. The molecule has 0 bridgehead atoms. The molecular formula is C24H32F2N2O4. The largest absolute Gasteiger partial charge is 0.480 e. The molecule has 0 radical (unpaired) electrons. The molecule has 1 heterocycles. The molecule has 3 aliphatic rings. The number of nitrogens with zero attached hydrogens (tertiary/aromatic N) is 2. The van der Waals surface area contributed by atoms with Crippen molar-refractivity contribution in [2.75, 3.05) is 19.6 Å². The van der Waals surface area contributed by atoms with E-state index in [4.69, 9.17) is 4.74 Å². The van der Waals surface area contributed by atoms with Gasteiger partial charge in [0, 0.05) is 36.9 Å². The number of carboxylic acid groups (broad SMARTS) is 1. The number of carbonyl (C=O) groups excluding carboxylic acids is 1. The number of halogens is 2. The highest BCUT2D eigenvalue weighted by atomic mass is 19.3. The number of hydrogen-bond acceptors (Lipinski definition) is 4. The SMILES string of the molecule is CC(C)(C)OC(=O)N(CC1(CN2CC(F)(F)C[C@H]2C(=O)O)CC1)[C@@H]1C[C@H]1c1ccccc1. The van der Waals surface area contributed by atoms with E-state index in [1.54, 1.807) is 4.90 Å². The molecule has 2 saturated carbocycles. The highest BCUT2D eigenvalue weighted by Crippen LogP contribution is 2.52. The maximum absolute atomic E-state index is 14.0. The van der Waals surface area contributed by atoms with Crippen molar-refractivity contribution in [1.82, 2.24) is 9.80 Å². The van der Waals surface area contributed by atoms with Crippen LogP contribution in [0.3, 0.4) is 0 Å². The van der Waals surface area contributed by atoms with Crippen LogP contribution in [0.5, 0.6) is 0 Å². The molecule has 0 aromatic heterocycles. The summed E-state index contributed by atoms with van der Waals surface area (Å²) in [6, 6.07) is 8.82. The van der Waals surface area contributed by atoms with Gasteiger partial charge in [-0.05, 0) is 45.6 Å². The molecule has 4 rings (SSSR count). The molecule has 176 valence electrons. The van der Waals surface area contributed by atoms with Gasteiger partial charge in [-0.25, -0.2) is 13.6 Å². The van der Waals surface area contributed by atoms with E-state index >= 15 is 0 Å². The lowest BCUT2D eigenvalue weighted by Gasteiger charge is -2.33. The van der Waals surface area contributed by atoms with E-state index in [-0.39, 0.29) is 23.9 Å². The number of carboxylic acids is 1. The number of aliphatic carboxylic acids is 1. The first-order chi connectivity index (χ1) is 14.9. The van der Waals surface area contributed by atoms with E-state index in [2.05, 4.69) is 12.1 Å². The predicted molar refractivity (Wildman–Crippen MR) is 115 cm³/mol. The summed E-state index contributed by atoms with van der Waals surface area (Å²) in [5.41, 5.74) is 0.157. The van der Waals surface area contributed by atoms with Crippen molar-refractivity contribution in [2.45, 2.75) is 76.0 Å². The Morgan fingerprint density at radius 3 is 2.44 bits per heavy atom. The highest BCUT2D eigenvalue weighted by molar-refractivity contribution is 5.74. The summed E-state index contributed by atoms with van der Waals surface area (Å²) in [5, 5.41) is 9.43. The van der Waals surface area contributed by atoms with Crippen molar-refractivity contribution in [2.24, 2.45) is 5.41 Å². The summed E-state index contributed by atoms with van der Waals surface area (Å²) in [4.78, 5) is 27.8. The van der Waals surface area contributed by atoms with Crippen LogP contribution in [0.15, 0.2) is 30.3 Å². The average Bonchev–Trinajstić information content (AvgIpc) is 3.58. The first kappa shape index (κ1) is 23.0. The molecule has 32 heavy (non-hydrogen) atoms. The minimum absolute atomic E-state index is 0.0000136. The maximum atomic E-state index is 14.0. The highest BCUT2D eigenvalue weighted by Gasteiger charge is 2.56. The van der Waals surface area contributed by atoms with Crippen molar-refractivity contribution >= 4 is 12.1 Å². The number of benzene rings is 1. The van der Waals surface area contributed by atoms with E-state index in [1.807, 2.05) is 39.0 Å². The van der Waals surface area contributed by atoms with E-state index in [0.717, 1.165) is 19.3 Å². The molecule has 0 unspecified atom stereocenters. The predicted octanol–water partition coefficient (Wildman–Crippen LogP) is 4.35. The Bertz CT molecular complexity index is 867. The molecule has 1 aromatic rings. The topological polar surface area (TPSA) is 70.1 Å². The van der Waals surface area contributed by atoms with Gasteiger partial charge < -0.3 is 14.7 Å². The zero-order valence-corrected chi connectivity index (χ0v) is 18.9. The molecule has 0 spiro atoms. The number of rotatable bonds is 7.